The number of rotatable bonds is 6. The van der Waals surface area contributed by atoms with Crippen molar-refractivity contribution in [1.29, 1.82) is 0 Å². The van der Waals surface area contributed by atoms with Crippen LogP contribution in [0.5, 0.6) is 0 Å². The number of sulfone groups is 1. The molecule has 1 aromatic rings. The third-order valence-electron chi connectivity index (χ3n) is 3.72. The zero-order valence-electron chi connectivity index (χ0n) is 11.8. The van der Waals surface area contributed by atoms with Crippen LogP contribution >= 0.6 is 0 Å². The molecule has 1 atom stereocenters. The Morgan fingerprint density at radius 3 is 2.50 bits per heavy atom. The zero-order valence-corrected chi connectivity index (χ0v) is 12.6. The Labute approximate surface area is 110 Å². The van der Waals surface area contributed by atoms with Gasteiger partial charge in [0.1, 0.15) is 5.82 Å². The summed E-state index contributed by atoms with van der Waals surface area (Å²) in [6, 6.07) is -0.0933. The van der Waals surface area contributed by atoms with Crippen molar-refractivity contribution in [3.05, 3.63) is 18.2 Å². The molecule has 0 amide bonds. The molecule has 1 N–H and O–H groups in total. The van der Waals surface area contributed by atoms with Crippen LogP contribution in [-0.4, -0.2) is 42.1 Å². The maximum atomic E-state index is 11.8. The fourth-order valence-corrected chi connectivity index (χ4v) is 2.76. The monoisotopic (exact) mass is 273 g/mol. The lowest BCUT2D eigenvalue weighted by atomic mass is 9.98. The van der Waals surface area contributed by atoms with Crippen molar-refractivity contribution in [3.63, 3.8) is 0 Å². The highest BCUT2D eigenvalue weighted by molar-refractivity contribution is 7.92. The van der Waals surface area contributed by atoms with Crippen molar-refractivity contribution in [2.45, 2.75) is 37.5 Å². The van der Waals surface area contributed by atoms with Crippen LogP contribution in [-0.2, 0) is 23.3 Å². The molecular weight excluding hydrogens is 250 g/mol. The van der Waals surface area contributed by atoms with Crippen LogP contribution in [0.15, 0.2) is 12.4 Å². The molecule has 1 rings (SSSR count). The first-order chi connectivity index (χ1) is 8.20. The summed E-state index contributed by atoms with van der Waals surface area (Å²) in [7, 11) is 0.640. The van der Waals surface area contributed by atoms with E-state index >= 15 is 0 Å². The van der Waals surface area contributed by atoms with Gasteiger partial charge in [-0.25, -0.2) is 13.4 Å². The lowest BCUT2D eigenvalue weighted by molar-refractivity contribution is 0.407. The minimum absolute atomic E-state index is 0.0933. The first kappa shape index (κ1) is 15.2. The van der Waals surface area contributed by atoms with Crippen LogP contribution in [0, 0.1) is 0 Å². The van der Waals surface area contributed by atoms with E-state index in [4.69, 9.17) is 0 Å². The average molecular weight is 273 g/mol. The molecule has 0 aliphatic heterocycles. The molecule has 1 unspecified atom stereocenters. The third-order valence-corrected chi connectivity index (χ3v) is 5.92. The SMILES string of the molecule is CNC(CCc1nccn1C)C(C)(C)S(C)(=O)=O. The van der Waals surface area contributed by atoms with E-state index < -0.39 is 14.6 Å². The Morgan fingerprint density at radius 1 is 1.50 bits per heavy atom. The van der Waals surface area contributed by atoms with Crippen molar-refractivity contribution in [2.24, 2.45) is 7.05 Å². The van der Waals surface area contributed by atoms with Crippen molar-refractivity contribution >= 4 is 9.84 Å². The van der Waals surface area contributed by atoms with E-state index in [1.165, 1.54) is 6.26 Å². The molecular formula is C12H23N3O2S. The highest BCUT2D eigenvalue weighted by Crippen LogP contribution is 2.23. The lowest BCUT2D eigenvalue weighted by Gasteiger charge is -2.32. The number of hydrogen-bond acceptors (Lipinski definition) is 4. The van der Waals surface area contributed by atoms with Gasteiger partial charge in [0.25, 0.3) is 0 Å². The van der Waals surface area contributed by atoms with Gasteiger partial charge in [0.15, 0.2) is 9.84 Å². The lowest BCUT2D eigenvalue weighted by Crippen LogP contribution is -2.50. The van der Waals surface area contributed by atoms with Gasteiger partial charge < -0.3 is 9.88 Å². The molecule has 1 heterocycles. The standard InChI is InChI=1S/C12H23N3O2S/c1-12(2,18(5,16)17)10(13-3)6-7-11-14-8-9-15(11)4/h8-10,13H,6-7H2,1-5H3. The molecule has 5 nitrogen and oxygen atoms in total. The number of hydrogen-bond donors (Lipinski definition) is 1. The van der Waals surface area contributed by atoms with Crippen LogP contribution in [0.3, 0.4) is 0 Å². The topological polar surface area (TPSA) is 64.0 Å². The van der Waals surface area contributed by atoms with Crippen LogP contribution in [0.2, 0.25) is 0 Å². The minimum atomic E-state index is -3.10. The summed E-state index contributed by atoms with van der Waals surface area (Å²) in [5.74, 6) is 0.972. The molecule has 0 radical (unpaired) electrons. The molecule has 0 aromatic carbocycles. The van der Waals surface area contributed by atoms with Crippen molar-refractivity contribution < 1.29 is 8.42 Å². The predicted molar refractivity (Wildman–Crippen MR) is 73.3 cm³/mol. The van der Waals surface area contributed by atoms with Gasteiger partial charge in [0, 0.05) is 38.2 Å². The second kappa shape index (κ2) is 5.40. The maximum absolute atomic E-state index is 11.8. The molecule has 0 fully saturated rings. The van der Waals surface area contributed by atoms with Gasteiger partial charge >= 0.3 is 0 Å². The first-order valence-corrected chi connectivity index (χ1v) is 7.92. The summed E-state index contributed by atoms with van der Waals surface area (Å²) >= 11 is 0. The number of aromatic nitrogens is 2. The summed E-state index contributed by atoms with van der Waals surface area (Å²) in [4.78, 5) is 4.25. The van der Waals surface area contributed by atoms with Crippen LogP contribution in [0.4, 0.5) is 0 Å². The molecule has 0 aliphatic carbocycles. The number of nitrogens with zero attached hydrogens (tertiary/aromatic N) is 2. The smallest absolute Gasteiger partial charge is 0.154 e. The molecule has 0 aliphatic rings. The van der Waals surface area contributed by atoms with Crippen molar-refractivity contribution in [3.8, 4) is 0 Å². The minimum Gasteiger partial charge on any atom is -0.338 e. The van der Waals surface area contributed by atoms with E-state index in [1.807, 2.05) is 17.8 Å². The van der Waals surface area contributed by atoms with E-state index in [-0.39, 0.29) is 6.04 Å². The molecule has 0 saturated heterocycles. The number of imidazole rings is 1. The molecule has 1 aromatic heterocycles. The zero-order chi connectivity index (χ0) is 14.0. The third kappa shape index (κ3) is 3.11. The van der Waals surface area contributed by atoms with Gasteiger partial charge in [-0.05, 0) is 27.3 Å². The Balaban J connectivity index is 2.78. The summed E-state index contributed by atoms with van der Waals surface area (Å²) in [6.45, 7) is 3.53. The summed E-state index contributed by atoms with van der Waals surface area (Å²) < 4.78 is 24.8. The Bertz CT molecular complexity index is 491. The number of nitrogens with one attached hydrogen (secondary N) is 1. The Hall–Kier alpha value is -0.880. The van der Waals surface area contributed by atoms with Gasteiger partial charge in [-0.2, -0.15) is 0 Å². The second-order valence-corrected chi connectivity index (χ2v) is 7.81. The normalized spacial score (nSPS) is 14.7. The second-order valence-electron chi connectivity index (χ2n) is 5.21. The predicted octanol–water partition coefficient (Wildman–Crippen LogP) is 0.764. The van der Waals surface area contributed by atoms with E-state index in [1.54, 1.807) is 27.1 Å². The fraction of sp³-hybridized carbons (Fsp3) is 0.750. The first-order valence-electron chi connectivity index (χ1n) is 6.03. The summed E-state index contributed by atoms with van der Waals surface area (Å²) in [6.07, 6.45) is 6.43. The largest absolute Gasteiger partial charge is 0.338 e. The highest BCUT2D eigenvalue weighted by Gasteiger charge is 2.37. The van der Waals surface area contributed by atoms with Crippen molar-refractivity contribution in [2.75, 3.05) is 13.3 Å². The van der Waals surface area contributed by atoms with E-state index in [2.05, 4.69) is 10.3 Å². The molecule has 0 bridgehead atoms. The molecule has 0 saturated carbocycles. The Kier molecular flexibility index (Phi) is 4.55. The van der Waals surface area contributed by atoms with Crippen molar-refractivity contribution in [1.82, 2.24) is 14.9 Å². The summed E-state index contributed by atoms with van der Waals surface area (Å²) in [5.41, 5.74) is 0. The summed E-state index contributed by atoms with van der Waals surface area (Å²) in [5, 5.41) is 3.11. The average Bonchev–Trinajstić information content (AvgIpc) is 2.63. The van der Waals surface area contributed by atoms with Crippen LogP contribution < -0.4 is 5.32 Å². The van der Waals surface area contributed by atoms with Gasteiger partial charge in [-0.15, -0.1) is 0 Å². The van der Waals surface area contributed by atoms with E-state index in [9.17, 15) is 8.42 Å². The van der Waals surface area contributed by atoms with Gasteiger partial charge in [-0.3, -0.25) is 0 Å². The molecule has 6 heteroatoms. The van der Waals surface area contributed by atoms with Gasteiger partial charge in [0.2, 0.25) is 0 Å². The Morgan fingerprint density at radius 2 is 2.11 bits per heavy atom. The van der Waals surface area contributed by atoms with Gasteiger partial charge in [-0.1, -0.05) is 0 Å². The quantitative estimate of drug-likeness (QED) is 0.831. The molecule has 104 valence electrons. The number of aryl methyl sites for hydroxylation is 2. The van der Waals surface area contributed by atoms with E-state index in [0.29, 0.717) is 0 Å². The maximum Gasteiger partial charge on any atom is 0.154 e. The molecule has 18 heavy (non-hydrogen) atoms. The fourth-order valence-electron chi connectivity index (χ4n) is 2.01. The van der Waals surface area contributed by atoms with Crippen LogP contribution in [0.1, 0.15) is 26.1 Å². The van der Waals surface area contributed by atoms with E-state index in [0.717, 1.165) is 18.7 Å². The highest BCUT2D eigenvalue weighted by atomic mass is 32.2. The van der Waals surface area contributed by atoms with Gasteiger partial charge in [0.05, 0.1) is 4.75 Å². The molecule has 0 spiro atoms. The van der Waals surface area contributed by atoms with Crippen LogP contribution in [0.25, 0.3) is 0 Å².